The van der Waals surface area contributed by atoms with Gasteiger partial charge in [-0.1, -0.05) is 0 Å². The minimum Gasteiger partial charge on any atom is -0.398 e. The Morgan fingerprint density at radius 3 is 3.00 bits per heavy atom. The number of nitrogens with two attached hydrogens (primary N) is 1. The average Bonchev–Trinajstić information content (AvgIpc) is 2.03. The van der Waals surface area contributed by atoms with Crippen molar-refractivity contribution >= 4 is 5.69 Å². The van der Waals surface area contributed by atoms with Crippen molar-refractivity contribution in [2.24, 2.45) is 0 Å². The SMILES string of the molecule is Nc1ccncc1CCCO. The van der Waals surface area contributed by atoms with Crippen LogP contribution in [0.1, 0.15) is 12.0 Å². The summed E-state index contributed by atoms with van der Waals surface area (Å²) in [6.45, 7) is 0.203. The van der Waals surface area contributed by atoms with Crippen LogP contribution in [0, 0.1) is 0 Å². The molecule has 0 fully saturated rings. The number of aromatic nitrogens is 1. The number of anilines is 1. The van der Waals surface area contributed by atoms with Gasteiger partial charge in [-0.25, -0.2) is 0 Å². The average molecular weight is 152 g/mol. The van der Waals surface area contributed by atoms with E-state index in [-0.39, 0.29) is 6.61 Å². The summed E-state index contributed by atoms with van der Waals surface area (Å²) in [5.74, 6) is 0. The van der Waals surface area contributed by atoms with E-state index in [0.717, 1.165) is 24.1 Å². The van der Waals surface area contributed by atoms with Crippen molar-refractivity contribution in [3.05, 3.63) is 24.0 Å². The van der Waals surface area contributed by atoms with Gasteiger partial charge >= 0.3 is 0 Å². The van der Waals surface area contributed by atoms with Crippen molar-refractivity contribution in [1.82, 2.24) is 4.98 Å². The Bertz CT molecular complexity index is 225. The van der Waals surface area contributed by atoms with Crippen LogP contribution in [-0.4, -0.2) is 16.7 Å². The predicted molar refractivity (Wildman–Crippen MR) is 44.1 cm³/mol. The van der Waals surface area contributed by atoms with E-state index in [1.165, 1.54) is 0 Å². The highest BCUT2D eigenvalue weighted by Gasteiger charge is 1.96. The fourth-order valence-electron chi connectivity index (χ4n) is 0.916. The molecule has 1 aromatic rings. The van der Waals surface area contributed by atoms with Gasteiger partial charge in [0.2, 0.25) is 0 Å². The molecule has 1 aromatic heterocycles. The molecule has 0 amide bonds. The second-order valence-corrected chi connectivity index (χ2v) is 2.40. The van der Waals surface area contributed by atoms with Crippen LogP contribution in [0.4, 0.5) is 5.69 Å². The smallest absolute Gasteiger partial charge is 0.0434 e. The molecule has 11 heavy (non-hydrogen) atoms. The molecule has 60 valence electrons. The summed E-state index contributed by atoms with van der Waals surface area (Å²) in [4.78, 5) is 3.94. The quantitative estimate of drug-likeness (QED) is 0.666. The summed E-state index contributed by atoms with van der Waals surface area (Å²) >= 11 is 0. The van der Waals surface area contributed by atoms with Crippen molar-refractivity contribution in [2.45, 2.75) is 12.8 Å². The molecule has 0 bridgehead atoms. The van der Waals surface area contributed by atoms with Gasteiger partial charge in [0, 0.05) is 24.7 Å². The molecular formula is C8H12N2O. The topological polar surface area (TPSA) is 59.1 Å². The van der Waals surface area contributed by atoms with E-state index in [2.05, 4.69) is 4.98 Å². The number of hydrogen-bond acceptors (Lipinski definition) is 3. The van der Waals surface area contributed by atoms with Gasteiger partial charge in [-0.2, -0.15) is 0 Å². The second-order valence-electron chi connectivity index (χ2n) is 2.40. The molecule has 0 saturated carbocycles. The summed E-state index contributed by atoms with van der Waals surface area (Å²) < 4.78 is 0. The first-order valence-electron chi connectivity index (χ1n) is 3.64. The van der Waals surface area contributed by atoms with Gasteiger partial charge in [0.25, 0.3) is 0 Å². The van der Waals surface area contributed by atoms with E-state index in [4.69, 9.17) is 10.8 Å². The molecule has 0 unspecified atom stereocenters. The number of aliphatic hydroxyl groups excluding tert-OH is 1. The van der Waals surface area contributed by atoms with E-state index in [1.807, 2.05) is 0 Å². The first-order valence-corrected chi connectivity index (χ1v) is 3.64. The van der Waals surface area contributed by atoms with Crippen molar-refractivity contribution < 1.29 is 5.11 Å². The number of aliphatic hydroxyl groups is 1. The number of nitrogen functional groups attached to an aromatic ring is 1. The zero-order valence-electron chi connectivity index (χ0n) is 6.33. The molecule has 3 nitrogen and oxygen atoms in total. The van der Waals surface area contributed by atoms with E-state index >= 15 is 0 Å². The van der Waals surface area contributed by atoms with E-state index in [9.17, 15) is 0 Å². The van der Waals surface area contributed by atoms with Crippen molar-refractivity contribution in [1.29, 1.82) is 0 Å². The van der Waals surface area contributed by atoms with Crippen molar-refractivity contribution in [3.8, 4) is 0 Å². The highest BCUT2D eigenvalue weighted by atomic mass is 16.2. The van der Waals surface area contributed by atoms with Crippen LogP contribution in [0.5, 0.6) is 0 Å². The Morgan fingerprint density at radius 2 is 2.36 bits per heavy atom. The van der Waals surface area contributed by atoms with Gasteiger partial charge in [-0.15, -0.1) is 0 Å². The van der Waals surface area contributed by atoms with Gasteiger partial charge in [-0.3, -0.25) is 4.98 Å². The lowest BCUT2D eigenvalue weighted by molar-refractivity contribution is 0.288. The molecule has 1 heterocycles. The molecule has 3 N–H and O–H groups in total. The number of hydrogen-bond donors (Lipinski definition) is 2. The highest BCUT2D eigenvalue weighted by Crippen LogP contribution is 2.10. The molecule has 3 heteroatoms. The van der Waals surface area contributed by atoms with Crippen LogP contribution in [0.15, 0.2) is 18.5 Å². The van der Waals surface area contributed by atoms with Crippen LogP contribution < -0.4 is 5.73 Å². The van der Waals surface area contributed by atoms with E-state index in [1.54, 1.807) is 18.5 Å². The third-order valence-corrected chi connectivity index (χ3v) is 1.55. The Kier molecular flexibility index (Phi) is 2.86. The van der Waals surface area contributed by atoms with E-state index < -0.39 is 0 Å². The van der Waals surface area contributed by atoms with E-state index in [0.29, 0.717) is 0 Å². The minimum absolute atomic E-state index is 0.203. The lowest BCUT2D eigenvalue weighted by Crippen LogP contribution is -1.96. The molecule has 0 atom stereocenters. The van der Waals surface area contributed by atoms with Gasteiger partial charge < -0.3 is 10.8 Å². The molecular weight excluding hydrogens is 140 g/mol. The molecule has 0 aliphatic heterocycles. The monoisotopic (exact) mass is 152 g/mol. The molecule has 0 aromatic carbocycles. The number of pyridine rings is 1. The largest absolute Gasteiger partial charge is 0.398 e. The number of rotatable bonds is 3. The first kappa shape index (κ1) is 8.01. The zero-order chi connectivity index (χ0) is 8.10. The van der Waals surface area contributed by atoms with Crippen LogP contribution in [0.25, 0.3) is 0 Å². The van der Waals surface area contributed by atoms with Gasteiger partial charge in [0.05, 0.1) is 0 Å². The van der Waals surface area contributed by atoms with Gasteiger partial charge in [-0.05, 0) is 24.5 Å². The Balaban J connectivity index is 2.62. The first-order chi connectivity index (χ1) is 5.34. The Labute approximate surface area is 65.9 Å². The number of aryl methyl sites for hydroxylation is 1. The van der Waals surface area contributed by atoms with Crippen LogP contribution >= 0.6 is 0 Å². The Morgan fingerprint density at radius 1 is 1.55 bits per heavy atom. The van der Waals surface area contributed by atoms with Crippen LogP contribution in [0.2, 0.25) is 0 Å². The highest BCUT2D eigenvalue weighted by molar-refractivity contribution is 5.44. The summed E-state index contributed by atoms with van der Waals surface area (Å²) in [5, 5.41) is 8.56. The maximum Gasteiger partial charge on any atom is 0.0434 e. The second kappa shape index (κ2) is 3.93. The lowest BCUT2D eigenvalue weighted by atomic mass is 10.1. The maximum absolute atomic E-state index is 8.56. The van der Waals surface area contributed by atoms with Crippen LogP contribution in [-0.2, 0) is 6.42 Å². The van der Waals surface area contributed by atoms with Crippen LogP contribution in [0.3, 0.4) is 0 Å². The summed E-state index contributed by atoms with van der Waals surface area (Å²) in [5.41, 5.74) is 7.41. The fourth-order valence-corrected chi connectivity index (χ4v) is 0.916. The molecule has 0 aliphatic rings. The summed E-state index contributed by atoms with van der Waals surface area (Å²) in [6, 6.07) is 1.77. The zero-order valence-corrected chi connectivity index (χ0v) is 6.33. The van der Waals surface area contributed by atoms with Crippen molar-refractivity contribution in [2.75, 3.05) is 12.3 Å². The maximum atomic E-state index is 8.56. The third-order valence-electron chi connectivity index (χ3n) is 1.55. The summed E-state index contributed by atoms with van der Waals surface area (Å²) in [7, 11) is 0. The molecule has 0 radical (unpaired) electrons. The fraction of sp³-hybridized carbons (Fsp3) is 0.375. The minimum atomic E-state index is 0.203. The van der Waals surface area contributed by atoms with Gasteiger partial charge in [0.15, 0.2) is 0 Å². The Hall–Kier alpha value is -1.09. The molecule has 0 saturated heterocycles. The third kappa shape index (κ3) is 2.20. The van der Waals surface area contributed by atoms with Gasteiger partial charge in [0.1, 0.15) is 0 Å². The number of nitrogens with zero attached hydrogens (tertiary/aromatic N) is 1. The molecule has 0 spiro atoms. The lowest BCUT2D eigenvalue weighted by Gasteiger charge is -2.01. The molecule has 1 rings (SSSR count). The van der Waals surface area contributed by atoms with Crippen molar-refractivity contribution in [3.63, 3.8) is 0 Å². The normalized spacial score (nSPS) is 9.91. The standard InChI is InChI=1S/C8H12N2O/c9-8-3-4-10-6-7(8)2-1-5-11/h3-4,6,11H,1-2,5H2,(H2,9,10). The molecule has 0 aliphatic carbocycles. The predicted octanol–water partition coefficient (Wildman–Crippen LogP) is 0.589. The summed E-state index contributed by atoms with van der Waals surface area (Å²) in [6.07, 6.45) is 4.95.